The summed E-state index contributed by atoms with van der Waals surface area (Å²) < 4.78 is 12.8. The Labute approximate surface area is 62.3 Å². The third kappa shape index (κ3) is 0.790. The van der Waals surface area contributed by atoms with Gasteiger partial charge < -0.3 is 0 Å². The van der Waals surface area contributed by atoms with Crippen LogP contribution in [0.25, 0.3) is 0 Å². The third-order valence-electron chi connectivity index (χ3n) is 1.65. The van der Waals surface area contributed by atoms with Crippen molar-refractivity contribution in [2.45, 2.75) is 0 Å². The van der Waals surface area contributed by atoms with Gasteiger partial charge in [0.25, 0.3) is 5.91 Å². The van der Waals surface area contributed by atoms with Crippen molar-refractivity contribution >= 4 is 11.6 Å². The van der Waals surface area contributed by atoms with E-state index < -0.39 is 11.7 Å². The fraction of sp³-hybridized carbons (Fsp3) is 0.143. The molecule has 0 radical (unpaired) electrons. The lowest BCUT2D eigenvalue weighted by molar-refractivity contribution is -0.121. The van der Waals surface area contributed by atoms with Gasteiger partial charge >= 0.3 is 0 Å². The van der Waals surface area contributed by atoms with Crippen LogP contribution in [0.4, 0.5) is 4.39 Å². The summed E-state index contributed by atoms with van der Waals surface area (Å²) in [6.45, 7) is 0. The first kappa shape index (κ1) is 6.27. The fourth-order valence-corrected chi connectivity index (χ4v) is 1.10. The molecule has 2 aliphatic rings. The van der Waals surface area contributed by atoms with Gasteiger partial charge in [-0.3, -0.25) is 4.79 Å². The van der Waals surface area contributed by atoms with Gasteiger partial charge in [-0.2, -0.15) is 5.10 Å². The van der Waals surface area contributed by atoms with E-state index in [1.807, 2.05) is 0 Å². The third-order valence-corrected chi connectivity index (χ3v) is 1.65. The second-order valence-corrected chi connectivity index (χ2v) is 2.35. The fourth-order valence-electron chi connectivity index (χ4n) is 1.10. The zero-order valence-corrected chi connectivity index (χ0v) is 5.54. The molecule has 0 aromatic carbocycles. The number of carbonyl (C=O) groups is 1. The molecule has 2 rings (SSSR count). The minimum absolute atomic E-state index is 0.192. The van der Waals surface area contributed by atoms with Crippen LogP contribution in [0.15, 0.2) is 29.2 Å². The van der Waals surface area contributed by atoms with Crippen LogP contribution in [0.5, 0.6) is 0 Å². The summed E-state index contributed by atoms with van der Waals surface area (Å²) in [5.41, 5.74) is 2.40. The summed E-state index contributed by atoms with van der Waals surface area (Å²) in [5, 5.41) is 3.54. The van der Waals surface area contributed by atoms with E-state index in [4.69, 9.17) is 0 Å². The lowest BCUT2D eigenvalue weighted by atomic mass is 9.98. The summed E-state index contributed by atoms with van der Waals surface area (Å²) >= 11 is 0. The molecule has 4 heteroatoms. The summed E-state index contributed by atoms with van der Waals surface area (Å²) in [5.74, 6) is -1.21. The number of allylic oxidation sites excluding steroid dienone is 3. The van der Waals surface area contributed by atoms with Crippen molar-refractivity contribution in [2.24, 2.45) is 11.0 Å². The Hall–Kier alpha value is -1.45. The number of hydrazone groups is 1. The summed E-state index contributed by atoms with van der Waals surface area (Å²) in [7, 11) is 0. The highest BCUT2D eigenvalue weighted by Crippen LogP contribution is 2.20. The molecule has 1 heterocycles. The van der Waals surface area contributed by atoms with Gasteiger partial charge in [-0.15, -0.1) is 0 Å². The molecule has 0 aromatic heterocycles. The summed E-state index contributed by atoms with van der Waals surface area (Å²) in [6.07, 6.45) is 4.42. The number of fused-ring (bicyclic) bond motifs is 1. The van der Waals surface area contributed by atoms with Gasteiger partial charge in [-0.05, 0) is 6.08 Å². The highest BCUT2D eigenvalue weighted by molar-refractivity contribution is 6.17. The zero-order valence-electron chi connectivity index (χ0n) is 5.54. The molecule has 0 saturated heterocycles. The average Bonchev–Trinajstić information content (AvgIpc) is 2.35. The van der Waals surface area contributed by atoms with Crippen molar-refractivity contribution in [1.82, 2.24) is 5.43 Å². The summed E-state index contributed by atoms with van der Waals surface area (Å²) in [6, 6.07) is 0. The first-order valence-corrected chi connectivity index (χ1v) is 3.21. The quantitative estimate of drug-likeness (QED) is 0.540. The van der Waals surface area contributed by atoms with Crippen molar-refractivity contribution in [1.29, 1.82) is 0 Å². The minimum atomic E-state index is -0.514. The minimum Gasteiger partial charge on any atom is -0.272 e. The molecule has 1 atom stereocenters. The van der Waals surface area contributed by atoms with E-state index in [9.17, 15) is 9.18 Å². The molecule has 1 N–H and O–H groups in total. The Morgan fingerprint density at radius 1 is 1.64 bits per heavy atom. The number of nitrogens with zero attached hydrogens (tertiary/aromatic N) is 1. The van der Waals surface area contributed by atoms with E-state index in [2.05, 4.69) is 10.5 Å². The van der Waals surface area contributed by atoms with Gasteiger partial charge in [0.15, 0.2) is 0 Å². The van der Waals surface area contributed by atoms with Crippen molar-refractivity contribution in [3.05, 3.63) is 24.1 Å². The number of amides is 1. The maximum atomic E-state index is 12.8. The summed E-state index contributed by atoms with van der Waals surface area (Å²) in [4.78, 5) is 10.9. The van der Waals surface area contributed by atoms with Crippen LogP contribution in [0.2, 0.25) is 0 Å². The monoisotopic (exact) mass is 152 g/mol. The van der Waals surface area contributed by atoms with E-state index in [0.717, 1.165) is 0 Å². The predicted octanol–water partition coefficient (Wildman–Crippen LogP) is 0.512. The van der Waals surface area contributed by atoms with Crippen LogP contribution in [0, 0.1) is 5.92 Å². The van der Waals surface area contributed by atoms with Gasteiger partial charge in [0, 0.05) is 0 Å². The molecular formula is C7H5FN2O. The largest absolute Gasteiger partial charge is 0.272 e. The molecular weight excluding hydrogens is 147 g/mol. The Morgan fingerprint density at radius 2 is 2.45 bits per heavy atom. The van der Waals surface area contributed by atoms with Crippen LogP contribution in [-0.2, 0) is 4.79 Å². The van der Waals surface area contributed by atoms with Crippen molar-refractivity contribution in [3.63, 3.8) is 0 Å². The number of rotatable bonds is 0. The van der Waals surface area contributed by atoms with E-state index in [1.165, 1.54) is 12.2 Å². The van der Waals surface area contributed by atoms with Crippen molar-refractivity contribution in [3.8, 4) is 0 Å². The Morgan fingerprint density at radius 3 is 3.18 bits per heavy atom. The lowest BCUT2D eigenvalue weighted by Gasteiger charge is -2.05. The predicted molar refractivity (Wildman–Crippen MR) is 37.4 cm³/mol. The van der Waals surface area contributed by atoms with Crippen molar-refractivity contribution in [2.75, 3.05) is 0 Å². The second-order valence-electron chi connectivity index (χ2n) is 2.35. The topological polar surface area (TPSA) is 41.5 Å². The Kier molecular flexibility index (Phi) is 1.15. The van der Waals surface area contributed by atoms with E-state index in [-0.39, 0.29) is 11.6 Å². The van der Waals surface area contributed by atoms with Crippen LogP contribution in [0.3, 0.4) is 0 Å². The first-order valence-electron chi connectivity index (χ1n) is 3.21. The molecule has 0 saturated carbocycles. The van der Waals surface area contributed by atoms with E-state index in [1.54, 1.807) is 6.08 Å². The highest BCUT2D eigenvalue weighted by Gasteiger charge is 2.31. The molecule has 1 unspecified atom stereocenters. The molecule has 11 heavy (non-hydrogen) atoms. The first-order chi connectivity index (χ1) is 5.29. The van der Waals surface area contributed by atoms with Gasteiger partial charge in [-0.25, -0.2) is 9.82 Å². The molecule has 1 amide bonds. The van der Waals surface area contributed by atoms with Gasteiger partial charge in [-0.1, -0.05) is 12.2 Å². The maximum absolute atomic E-state index is 12.8. The zero-order chi connectivity index (χ0) is 7.84. The van der Waals surface area contributed by atoms with Crippen LogP contribution >= 0.6 is 0 Å². The number of halogens is 1. The molecule has 0 spiro atoms. The molecule has 1 aliphatic carbocycles. The smallest absolute Gasteiger partial charge is 0.253 e. The van der Waals surface area contributed by atoms with Crippen LogP contribution in [-0.4, -0.2) is 11.6 Å². The Balaban J connectivity index is 2.43. The molecule has 0 fully saturated rings. The van der Waals surface area contributed by atoms with Gasteiger partial charge in [0.1, 0.15) is 17.5 Å². The number of carbonyl (C=O) groups excluding carboxylic acids is 1. The SMILES string of the molecule is O=C1NN=C2C(F)=CC=CC12. The standard InChI is InChI=1S/C7H5FN2O/c8-5-3-1-2-4-6(5)9-10-7(4)11/h1-4H,(H,10,11). The van der Waals surface area contributed by atoms with E-state index >= 15 is 0 Å². The average molecular weight is 152 g/mol. The lowest BCUT2D eigenvalue weighted by Crippen LogP contribution is -2.22. The Bertz CT molecular complexity index is 304. The molecule has 0 aromatic rings. The highest BCUT2D eigenvalue weighted by atomic mass is 19.1. The molecule has 1 aliphatic heterocycles. The normalized spacial score (nSPS) is 27.4. The number of hydrogen-bond acceptors (Lipinski definition) is 2. The molecule has 0 bridgehead atoms. The number of nitrogens with one attached hydrogen (secondary N) is 1. The van der Waals surface area contributed by atoms with Gasteiger partial charge in [0.2, 0.25) is 0 Å². The van der Waals surface area contributed by atoms with E-state index in [0.29, 0.717) is 0 Å². The van der Waals surface area contributed by atoms with Crippen LogP contribution in [0.1, 0.15) is 0 Å². The van der Waals surface area contributed by atoms with Gasteiger partial charge in [0.05, 0.1) is 0 Å². The van der Waals surface area contributed by atoms with Crippen molar-refractivity contribution < 1.29 is 9.18 Å². The van der Waals surface area contributed by atoms with Crippen LogP contribution < -0.4 is 5.43 Å². The number of hydrogen-bond donors (Lipinski definition) is 1. The molecule has 3 nitrogen and oxygen atoms in total. The maximum Gasteiger partial charge on any atom is 0.253 e. The second kappa shape index (κ2) is 2.02. The molecule has 56 valence electrons.